The summed E-state index contributed by atoms with van der Waals surface area (Å²) >= 11 is 0. The summed E-state index contributed by atoms with van der Waals surface area (Å²) in [6.07, 6.45) is -0.0151. The third-order valence-corrected chi connectivity index (χ3v) is 5.32. The molecule has 7 nitrogen and oxygen atoms in total. The Morgan fingerprint density at radius 1 is 1.03 bits per heavy atom. The van der Waals surface area contributed by atoms with Gasteiger partial charge in [0.1, 0.15) is 17.7 Å². The normalized spacial score (nSPS) is 14.3. The Bertz CT molecular complexity index is 814. The molecule has 0 aliphatic rings. The zero-order valence-electron chi connectivity index (χ0n) is 21.3. The van der Waals surface area contributed by atoms with Gasteiger partial charge in [-0.1, -0.05) is 25.1 Å². The fraction of sp³-hybridized carbons (Fsp3) is 0.640. The van der Waals surface area contributed by atoms with Crippen LogP contribution in [-0.4, -0.2) is 46.5 Å². The first-order valence-corrected chi connectivity index (χ1v) is 11.4. The van der Waals surface area contributed by atoms with Gasteiger partial charge in [-0.3, -0.25) is 9.59 Å². The molecule has 0 aliphatic carbocycles. The molecule has 0 saturated carbocycles. The molecule has 1 aromatic rings. The zero-order valence-corrected chi connectivity index (χ0v) is 21.3. The number of carbonyl (C=O) groups is 3. The second kappa shape index (κ2) is 11.3. The zero-order chi connectivity index (χ0) is 24.8. The van der Waals surface area contributed by atoms with Crippen LogP contribution < -0.4 is 10.6 Å². The van der Waals surface area contributed by atoms with Crippen molar-refractivity contribution >= 4 is 17.9 Å². The third kappa shape index (κ3) is 7.53. The number of amides is 3. The van der Waals surface area contributed by atoms with Crippen LogP contribution in [0.5, 0.6) is 0 Å². The van der Waals surface area contributed by atoms with E-state index in [1.807, 2.05) is 59.7 Å². The minimum Gasteiger partial charge on any atom is -0.444 e. The molecule has 3 atom stereocenters. The van der Waals surface area contributed by atoms with Crippen molar-refractivity contribution < 1.29 is 19.1 Å². The monoisotopic (exact) mass is 447 g/mol. The van der Waals surface area contributed by atoms with E-state index >= 15 is 0 Å². The molecular formula is C25H41N3O4. The van der Waals surface area contributed by atoms with Crippen molar-refractivity contribution in [2.24, 2.45) is 0 Å². The minimum absolute atomic E-state index is 0.0821. The van der Waals surface area contributed by atoms with E-state index in [-0.39, 0.29) is 23.9 Å². The van der Waals surface area contributed by atoms with Gasteiger partial charge in [-0.05, 0) is 85.4 Å². The summed E-state index contributed by atoms with van der Waals surface area (Å²) in [5.41, 5.74) is 2.11. The number of ether oxygens (including phenoxy) is 1. The molecule has 0 spiro atoms. The van der Waals surface area contributed by atoms with E-state index in [1.54, 1.807) is 32.6 Å². The van der Waals surface area contributed by atoms with Crippen molar-refractivity contribution in [1.29, 1.82) is 0 Å². The Morgan fingerprint density at radius 3 is 2.12 bits per heavy atom. The van der Waals surface area contributed by atoms with Crippen molar-refractivity contribution in [2.45, 2.75) is 105 Å². The molecule has 0 aromatic heterocycles. The van der Waals surface area contributed by atoms with Crippen LogP contribution in [0.2, 0.25) is 0 Å². The van der Waals surface area contributed by atoms with Gasteiger partial charge in [0.2, 0.25) is 11.8 Å². The van der Waals surface area contributed by atoms with Gasteiger partial charge in [-0.2, -0.15) is 0 Å². The van der Waals surface area contributed by atoms with E-state index in [4.69, 9.17) is 4.74 Å². The van der Waals surface area contributed by atoms with Crippen molar-refractivity contribution in [1.82, 2.24) is 15.5 Å². The van der Waals surface area contributed by atoms with Gasteiger partial charge in [-0.25, -0.2) is 4.79 Å². The average molecular weight is 448 g/mol. The fourth-order valence-corrected chi connectivity index (χ4v) is 3.42. The van der Waals surface area contributed by atoms with E-state index in [1.165, 1.54) is 0 Å². The maximum absolute atomic E-state index is 13.6. The highest BCUT2D eigenvalue weighted by Gasteiger charge is 2.38. The number of benzene rings is 1. The van der Waals surface area contributed by atoms with Crippen molar-refractivity contribution in [3.63, 3.8) is 0 Å². The standard InChI is InChI=1S/C25H41N3O4/c1-11-17(5)28(23(30)19(7)27-24(31)32-25(8,9)10)21(22(29)26-15(2)3)20-14-12-13-16(4)18(20)6/h12-15,17,19,21H,11H2,1-10H3,(H,26,29)(H,27,31). The van der Waals surface area contributed by atoms with Crippen LogP contribution in [0, 0.1) is 13.8 Å². The van der Waals surface area contributed by atoms with Crippen LogP contribution in [0.3, 0.4) is 0 Å². The molecule has 0 bridgehead atoms. The third-order valence-electron chi connectivity index (χ3n) is 5.32. The van der Waals surface area contributed by atoms with E-state index in [0.717, 1.165) is 16.7 Å². The van der Waals surface area contributed by atoms with Gasteiger partial charge < -0.3 is 20.3 Å². The summed E-state index contributed by atoms with van der Waals surface area (Å²) < 4.78 is 5.31. The lowest BCUT2D eigenvalue weighted by Gasteiger charge is -2.38. The first-order valence-electron chi connectivity index (χ1n) is 11.4. The summed E-state index contributed by atoms with van der Waals surface area (Å²) in [6, 6.07) is 3.78. The molecule has 32 heavy (non-hydrogen) atoms. The second-order valence-corrected chi connectivity index (χ2v) is 9.73. The molecular weight excluding hydrogens is 406 g/mol. The number of carbonyl (C=O) groups excluding carboxylic acids is 3. The first kappa shape index (κ1) is 27.5. The first-order chi connectivity index (χ1) is 14.7. The Kier molecular flexibility index (Phi) is 9.73. The summed E-state index contributed by atoms with van der Waals surface area (Å²) in [6.45, 7) is 18.5. The van der Waals surface area contributed by atoms with Crippen LogP contribution in [0.4, 0.5) is 4.79 Å². The van der Waals surface area contributed by atoms with Crippen LogP contribution in [-0.2, 0) is 14.3 Å². The quantitative estimate of drug-likeness (QED) is 0.618. The lowest BCUT2D eigenvalue weighted by Crippen LogP contribution is -2.55. The van der Waals surface area contributed by atoms with Crippen molar-refractivity contribution in [3.05, 3.63) is 34.9 Å². The molecule has 3 amide bonds. The highest BCUT2D eigenvalue weighted by atomic mass is 16.6. The maximum atomic E-state index is 13.6. The number of aryl methyl sites for hydroxylation is 1. The Labute approximate surface area is 193 Å². The summed E-state index contributed by atoms with van der Waals surface area (Å²) in [7, 11) is 0. The number of nitrogens with zero attached hydrogens (tertiary/aromatic N) is 1. The average Bonchev–Trinajstić information content (AvgIpc) is 2.65. The van der Waals surface area contributed by atoms with Gasteiger partial charge in [-0.15, -0.1) is 0 Å². The molecule has 0 saturated heterocycles. The van der Waals surface area contributed by atoms with Crippen molar-refractivity contribution in [3.8, 4) is 0 Å². The molecule has 180 valence electrons. The van der Waals surface area contributed by atoms with Crippen LogP contribution in [0.1, 0.15) is 84.5 Å². The SMILES string of the molecule is CCC(C)N(C(=O)C(C)NC(=O)OC(C)(C)C)C(C(=O)NC(C)C)c1cccc(C)c1C. The maximum Gasteiger partial charge on any atom is 0.408 e. The fourth-order valence-electron chi connectivity index (χ4n) is 3.42. The number of alkyl carbamates (subject to hydrolysis) is 1. The van der Waals surface area contributed by atoms with Crippen molar-refractivity contribution in [2.75, 3.05) is 0 Å². The lowest BCUT2D eigenvalue weighted by molar-refractivity contribution is -0.145. The summed E-state index contributed by atoms with van der Waals surface area (Å²) in [5.74, 6) is -0.582. The minimum atomic E-state index is -0.863. The number of hydrogen-bond donors (Lipinski definition) is 2. The largest absolute Gasteiger partial charge is 0.444 e. The smallest absolute Gasteiger partial charge is 0.408 e. The molecule has 7 heteroatoms. The highest BCUT2D eigenvalue weighted by molar-refractivity contribution is 5.92. The van der Waals surface area contributed by atoms with E-state index in [9.17, 15) is 14.4 Å². The van der Waals surface area contributed by atoms with Gasteiger partial charge in [0.15, 0.2) is 0 Å². The number of hydrogen-bond acceptors (Lipinski definition) is 4. The summed E-state index contributed by atoms with van der Waals surface area (Å²) in [5, 5.41) is 5.59. The molecule has 1 aromatic carbocycles. The topological polar surface area (TPSA) is 87.7 Å². The molecule has 0 radical (unpaired) electrons. The number of nitrogens with one attached hydrogen (secondary N) is 2. The predicted octanol–water partition coefficient (Wildman–Crippen LogP) is 4.41. The van der Waals surface area contributed by atoms with Crippen LogP contribution in [0.25, 0.3) is 0 Å². The molecule has 0 aliphatic heterocycles. The Hall–Kier alpha value is -2.57. The number of rotatable bonds is 8. The van der Waals surface area contributed by atoms with E-state index < -0.39 is 23.8 Å². The summed E-state index contributed by atoms with van der Waals surface area (Å²) in [4.78, 5) is 40.9. The van der Waals surface area contributed by atoms with Crippen LogP contribution in [0.15, 0.2) is 18.2 Å². The van der Waals surface area contributed by atoms with Gasteiger partial charge in [0.05, 0.1) is 0 Å². The molecule has 0 fully saturated rings. The van der Waals surface area contributed by atoms with E-state index in [0.29, 0.717) is 6.42 Å². The van der Waals surface area contributed by atoms with E-state index in [2.05, 4.69) is 10.6 Å². The van der Waals surface area contributed by atoms with Gasteiger partial charge in [0, 0.05) is 12.1 Å². The molecule has 2 N–H and O–H groups in total. The Morgan fingerprint density at radius 2 is 1.62 bits per heavy atom. The molecule has 0 heterocycles. The van der Waals surface area contributed by atoms with Gasteiger partial charge in [0.25, 0.3) is 0 Å². The predicted molar refractivity (Wildman–Crippen MR) is 127 cm³/mol. The lowest BCUT2D eigenvalue weighted by atomic mass is 9.93. The van der Waals surface area contributed by atoms with Gasteiger partial charge >= 0.3 is 6.09 Å². The molecule has 1 rings (SSSR count). The second-order valence-electron chi connectivity index (χ2n) is 9.73. The Balaban J connectivity index is 3.43. The van der Waals surface area contributed by atoms with Crippen LogP contribution >= 0.6 is 0 Å². The molecule has 3 unspecified atom stereocenters. The highest BCUT2D eigenvalue weighted by Crippen LogP contribution is 2.29.